The van der Waals surface area contributed by atoms with Gasteiger partial charge in [-0.3, -0.25) is 19.2 Å². The van der Waals surface area contributed by atoms with Gasteiger partial charge >= 0.3 is 35.8 Å². The maximum absolute atomic E-state index is 11.8. The van der Waals surface area contributed by atoms with Gasteiger partial charge in [-0.1, -0.05) is 13.2 Å². The minimum Gasteiger partial charge on any atom is -0.478 e. The van der Waals surface area contributed by atoms with Crippen LogP contribution in [-0.4, -0.2) is 95.5 Å². The number of rotatable bonds is 18. The van der Waals surface area contributed by atoms with E-state index in [1.54, 1.807) is 0 Å². The van der Waals surface area contributed by atoms with Gasteiger partial charge < -0.3 is 29.2 Å². The second-order valence-corrected chi connectivity index (χ2v) is 8.91. The van der Waals surface area contributed by atoms with E-state index in [0.29, 0.717) is 0 Å². The fraction of sp³-hybridized carbons (Fsp3) is 0.565. The molecule has 16 heteroatoms. The second kappa shape index (κ2) is 27.3. The lowest BCUT2D eigenvalue weighted by Crippen LogP contribution is -2.44. The summed E-state index contributed by atoms with van der Waals surface area (Å²) in [6.07, 6.45) is 1.93. The summed E-state index contributed by atoms with van der Waals surface area (Å²) in [5.74, 6) is -2.94. The molecule has 0 aliphatic rings. The number of aliphatic carboxylic acids is 2. The van der Waals surface area contributed by atoms with E-state index in [9.17, 15) is 28.8 Å². The van der Waals surface area contributed by atoms with Gasteiger partial charge in [-0.05, 0) is 0 Å². The molecule has 0 fully saturated rings. The molecule has 0 aliphatic carbocycles. The summed E-state index contributed by atoms with van der Waals surface area (Å²) in [6, 6.07) is 0. The summed E-state index contributed by atoms with van der Waals surface area (Å²) in [6.45, 7) is 4.79. The van der Waals surface area contributed by atoms with Crippen LogP contribution >= 0.6 is 50.5 Å². The van der Waals surface area contributed by atoms with Crippen LogP contribution in [0.1, 0.15) is 25.7 Å². The predicted octanol–water partition coefficient (Wildman–Crippen LogP) is 1.94. The number of carboxylic acids is 2. The predicted molar refractivity (Wildman–Crippen MR) is 156 cm³/mol. The van der Waals surface area contributed by atoms with Crippen LogP contribution in [0.3, 0.4) is 0 Å². The van der Waals surface area contributed by atoms with Crippen molar-refractivity contribution in [2.75, 3.05) is 49.4 Å². The Labute approximate surface area is 249 Å². The number of carbonyl (C=O) groups is 6. The third kappa shape index (κ3) is 28.5. The minimum atomic E-state index is -1.25. The van der Waals surface area contributed by atoms with Gasteiger partial charge in [0.05, 0.1) is 25.7 Å². The Balaban J connectivity index is -0.00000109. The fourth-order valence-corrected chi connectivity index (χ4v) is 2.57. The number of carboxylic acid groups (broad SMARTS) is 2. The Morgan fingerprint density at radius 2 is 0.718 bits per heavy atom. The van der Waals surface area contributed by atoms with Crippen molar-refractivity contribution in [3.05, 3.63) is 25.3 Å². The average molecular weight is 633 g/mol. The van der Waals surface area contributed by atoms with Crippen LogP contribution in [-0.2, 0) is 47.7 Å². The van der Waals surface area contributed by atoms with E-state index in [-0.39, 0.29) is 75.1 Å². The van der Waals surface area contributed by atoms with E-state index in [4.69, 9.17) is 29.2 Å². The summed E-state index contributed by atoms with van der Waals surface area (Å²) in [5.41, 5.74) is -1.25. The van der Waals surface area contributed by atoms with Crippen molar-refractivity contribution in [1.29, 1.82) is 0 Å². The van der Waals surface area contributed by atoms with E-state index >= 15 is 0 Å². The van der Waals surface area contributed by atoms with Crippen molar-refractivity contribution in [1.82, 2.24) is 0 Å². The van der Waals surface area contributed by atoms with Crippen LogP contribution in [0.25, 0.3) is 0 Å². The van der Waals surface area contributed by atoms with Gasteiger partial charge in [0.2, 0.25) is 0 Å². The van der Waals surface area contributed by atoms with Crippen LogP contribution in [0.4, 0.5) is 0 Å². The van der Waals surface area contributed by atoms with Crippen LogP contribution in [0.5, 0.6) is 0 Å². The van der Waals surface area contributed by atoms with E-state index in [1.807, 2.05) is 0 Å². The van der Waals surface area contributed by atoms with E-state index in [0.717, 1.165) is 12.2 Å². The molecule has 0 spiro atoms. The molecule has 2 N–H and O–H groups in total. The van der Waals surface area contributed by atoms with E-state index < -0.39 is 41.2 Å². The minimum absolute atomic E-state index is 0.0670. The maximum Gasteiger partial charge on any atom is 0.327 e. The van der Waals surface area contributed by atoms with Crippen molar-refractivity contribution in [3.63, 3.8) is 0 Å². The lowest BCUT2D eigenvalue weighted by Gasteiger charge is -2.31. The van der Waals surface area contributed by atoms with Crippen LogP contribution in [0.15, 0.2) is 25.3 Å². The summed E-state index contributed by atoms with van der Waals surface area (Å²) in [4.78, 5) is 65.6. The third-order valence-corrected chi connectivity index (χ3v) is 4.66. The molecule has 0 unspecified atom stereocenters. The fourth-order valence-electron chi connectivity index (χ4n) is 1.84. The zero-order chi connectivity index (χ0) is 30.7. The van der Waals surface area contributed by atoms with Gasteiger partial charge in [0, 0.05) is 35.2 Å². The Kier molecular flexibility index (Phi) is 28.8. The summed E-state index contributed by atoms with van der Waals surface area (Å²) in [7, 11) is 0. The zero-order valence-electron chi connectivity index (χ0n) is 21.3. The summed E-state index contributed by atoms with van der Waals surface area (Å²) >= 11 is 15.9. The highest BCUT2D eigenvalue weighted by molar-refractivity contribution is 7.80. The monoisotopic (exact) mass is 632 g/mol. The number of thiol groups is 4. The first-order valence-electron chi connectivity index (χ1n) is 11.1. The normalized spacial score (nSPS) is 9.74. The van der Waals surface area contributed by atoms with Gasteiger partial charge in [0.25, 0.3) is 0 Å². The molecule has 0 aromatic heterocycles. The number of hydrogen-bond acceptors (Lipinski definition) is 14. The first kappa shape index (κ1) is 41.2. The molecule has 0 saturated carbocycles. The third-order valence-electron chi connectivity index (χ3n) is 3.77. The lowest BCUT2D eigenvalue weighted by atomic mass is 9.92. The van der Waals surface area contributed by atoms with Gasteiger partial charge in [0.15, 0.2) is 0 Å². The first-order valence-corrected chi connectivity index (χ1v) is 13.7. The van der Waals surface area contributed by atoms with Crippen LogP contribution in [0.2, 0.25) is 0 Å². The number of hydrogen-bond donors (Lipinski definition) is 6. The molecule has 0 rings (SSSR count). The molecular formula is C23H36O12S4. The van der Waals surface area contributed by atoms with Crippen LogP contribution < -0.4 is 0 Å². The first-order chi connectivity index (χ1) is 18.4. The van der Waals surface area contributed by atoms with Gasteiger partial charge in [-0.2, -0.15) is 50.5 Å². The summed E-state index contributed by atoms with van der Waals surface area (Å²) < 4.78 is 20.9. The molecule has 39 heavy (non-hydrogen) atoms. The largest absolute Gasteiger partial charge is 0.478 e. The highest BCUT2D eigenvalue weighted by atomic mass is 32.1. The Morgan fingerprint density at radius 3 is 0.846 bits per heavy atom. The molecule has 0 aliphatic heterocycles. The smallest absolute Gasteiger partial charge is 0.327 e. The van der Waals surface area contributed by atoms with E-state index in [1.165, 1.54) is 0 Å². The Morgan fingerprint density at radius 1 is 0.538 bits per heavy atom. The molecule has 0 aromatic carbocycles. The molecule has 0 amide bonds. The SMILES string of the molecule is C=CC(=O)O.C=CC(=O)O.O=C(CCS)OCC(COC(=O)CCS)(COC(=O)CCS)COC(=O)CCS. The van der Waals surface area contributed by atoms with Gasteiger partial charge in [-0.25, -0.2) is 9.59 Å². The second-order valence-electron chi connectivity index (χ2n) is 7.12. The molecule has 0 radical (unpaired) electrons. The molecule has 0 bridgehead atoms. The van der Waals surface area contributed by atoms with Gasteiger partial charge in [-0.15, -0.1) is 0 Å². The maximum atomic E-state index is 11.8. The highest BCUT2D eigenvalue weighted by Gasteiger charge is 2.37. The number of ether oxygens (including phenoxy) is 4. The Hall–Kier alpha value is -2.30. The van der Waals surface area contributed by atoms with Crippen molar-refractivity contribution in [2.45, 2.75) is 25.7 Å². The molecule has 224 valence electrons. The quantitative estimate of drug-likeness (QED) is 0.0561. The average Bonchev–Trinajstić information content (AvgIpc) is 2.89. The standard InChI is InChI=1S/C17H28O8S4.2C3H4O2/c18-13(1-5-26)22-9-17(10-23-14(19)2-6-27,11-24-15(20)3-7-28)12-25-16(21)4-8-29;2*1-2-3(4)5/h26-29H,1-12H2;2*2H,1H2,(H,4,5). The topological polar surface area (TPSA) is 180 Å². The van der Waals surface area contributed by atoms with Crippen LogP contribution in [0, 0.1) is 5.41 Å². The van der Waals surface area contributed by atoms with E-state index in [2.05, 4.69) is 63.7 Å². The van der Waals surface area contributed by atoms with Crippen molar-refractivity contribution in [2.24, 2.45) is 5.41 Å². The number of carbonyl (C=O) groups excluding carboxylic acids is 4. The zero-order valence-corrected chi connectivity index (χ0v) is 24.9. The Bertz CT molecular complexity index is 678. The van der Waals surface area contributed by atoms with Crippen molar-refractivity contribution in [3.8, 4) is 0 Å². The van der Waals surface area contributed by atoms with Crippen molar-refractivity contribution >= 4 is 86.3 Å². The number of esters is 4. The molecule has 0 aromatic rings. The molecule has 0 heterocycles. The summed E-state index contributed by atoms with van der Waals surface area (Å²) in [5, 5.41) is 15.2. The lowest BCUT2D eigenvalue weighted by molar-refractivity contribution is -0.170. The van der Waals surface area contributed by atoms with Gasteiger partial charge in [0.1, 0.15) is 31.8 Å². The highest BCUT2D eigenvalue weighted by Crippen LogP contribution is 2.22. The molecule has 12 nitrogen and oxygen atoms in total. The molecule has 0 atom stereocenters. The van der Waals surface area contributed by atoms with Crippen molar-refractivity contribution < 1.29 is 57.9 Å². The molecule has 0 saturated heterocycles. The molecular weight excluding hydrogens is 597 g/mol.